The fourth-order valence-corrected chi connectivity index (χ4v) is 3.87. The molecule has 3 aromatic rings. The minimum absolute atomic E-state index is 0.0128. The van der Waals surface area contributed by atoms with Crippen LogP contribution in [0.4, 0.5) is 0 Å². The van der Waals surface area contributed by atoms with Crippen LogP contribution in [0.2, 0.25) is 0 Å². The number of carbonyl (C=O) groups excluding carboxylic acids is 1. The summed E-state index contributed by atoms with van der Waals surface area (Å²) in [4.78, 5) is 12.9. The third kappa shape index (κ3) is 5.65. The van der Waals surface area contributed by atoms with E-state index in [9.17, 15) is 17.8 Å². The molecule has 0 saturated carbocycles. The second-order valence-electron chi connectivity index (χ2n) is 6.45. The molecule has 0 aromatic heterocycles. The molecule has 11 heteroatoms. The van der Waals surface area contributed by atoms with Crippen molar-refractivity contribution < 1.29 is 41.9 Å². The van der Waals surface area contributed by atoms with E-state index in [1.165, 1.54) is 25.3 Å². The number of aryl methyl sites for hydroxylation is 1. The maximum atomic E-state index is 12.9. The highest BCUT2D eigenvalue weighted by Crippen LogP contribution is 2.32. The van der Waals surface area contributed by atoms with E-state index in [4.69, 9.17) is 14.7 Å². The maximum Gasteiger partial charge on any atom is 0.298 e. The molecule has 0 radical (unpaired) electrons. The maximum absolute atomic E-state index is 12.9. The third-order valence-corrected chi connectivity index (χ3v) is 6.00. The summed E-state index contributed by atoms with van der Waals surface area (Å²) in [6.45, 7) is 1.76. The molecule has 0 aliphatic heterocycles. The number of ketones is 1. The van der Waals surface area contributed by atoms with Gasteiger partial charge in [-0.1, -0.05) is 17.2 Å². The molecular formula is C21H18O9S2. The smallest absolute Gasteiger partial charge is 0.298 e. The Morgan fingerprint density at radius 3 is 2.19 bits per heavy atom. The molecule has 168 valence electrons. The van der Waals surface area contributed by atoms with Crippen LogP contribution < -0.4 is 9.47 Å². The number of rotatable bonds is 9. The van der Waals surface area contributed by atoms with Crippen molar-refractivity contribution in [2.45, 2.75) is 16.7 Å². The number of hydrogen-bond acceptors (Lipinski definition) is 9. The van der Waals surface area contributed by atoms with Gasteiger partial charge in [0.25, 0.3) is 10.1 Å². The second-order valence-corrected chi connectivity index (χ2v) is 8.58. The van der Waals surface area contributed by atoms with E-state index in [2.05, 4.69) is 9.37 Å². The Kier molecular flexibility index (Phi) is 7.51. The van der Waals surface area contributed by atoms with Gasteiger partial charge in [0.15, 0.2) is 5.78 Å². The summed E-state index contributed by atoms with van der Waals surface area (Å²) in [7, 11) is -3.20. The van der Waals surface area contributed by atoms with Crippen LogP contribution in [0.3, 0.4) is 0 Å². The number of ether oxygens (including phenoxy) is 2. The third-order valence-electron chi connectivity index (χ3n) is 4.38. The molecule has 0 spiro atoms. The summed E-state index contributed by atoms with van der Waals surface area (Å²) in [5.74, 6) is 0.237. The number of hydrogen-bond donors (Lipinski definition) is 2. The van der Waals surface area contributed by atoms with Gasteiger partial charge in [0.2, 0.25) is 0 Å². The molecular weight excluding hydrogens is 460 g/mol. The molecule has 3 aromatic carbocycles. The lowest BCUT2D eigenvalue weighted by molar-refractivity contribution is -0.432. The SMILES string of the molecule is COc1ccc(Oc2ccc(C(=O)c3ccc(C)c(SOOO)c3)cc2S(=O)(=O)O)cc1. The Hall–Kier alpha value is -2.93. The molecule has 0 amide bonds. The van der Waals surface area contributed by atoms with Crippen LogP contribution in [0.15, 0.2) is 70.5 Å². The first-order valence-corrected chi connectivity index (χ1v) is 11.1. The minimum atomic E-state index is -4.70. The lowest BCUT2D eigenvalue weighted by Crippen LogP contribution is -2.07. The zero-order valence-corrected chi connectivity index (χ0v) is 18.5. The highest BCUT2D eigenvalue weighted by molar-refractivity contribution is 7.94. The summed E-state index contributed by atoms with van der Waals surface area (Å²) < 4.78 is 48.7. The zero-order chi connectivity index (χ0) is 23.3. The molecule has 9 nitrogen and oxygen atoms in total. The van der Waals surface area contributed by atoms with Crippen molar-refractivity contribution in [3.8, 4) is 17.2 Å². The van der Waals surface area contributed by atoms with Gasteiger partial charge in [0, 0.05) is 16.0 Å². The van der Waals surface area contributed by atoms with Crippen molar-refractivity contribution in [1.82, 2.24) is 0 Å². The van der Waals surface area contributed by atoms with Crippen LogP contribution >= 0.6 is 12.0 Å². The predicted octanol–water partition coefficient (Wildman–Crippen LogP) is 4.70. The normalized spacial score (nSPS) is 11.2. The number of methoxy groups -OCH3 is 1. The van der Waals surface area contributed by atoms with Crippen LogP contribution in [0, 0.1) is 6.92 Å². The topological polar surface area (TPSA) is 129 Å². The molecule has 0 unspecified atom stereocenters. The van der Waals surface area contributed by atoms with Gasteiger partial charge in [-0.3, -0.25) is 9.35 Å². The molecule has 0 saturated heterocycles. The molecule has 0 aliphatic rings. The zero-order valence-electron chi connectivity index (χ0n) is 16.8. The Labute approximate surface area is 188 Å². The van der Waals surface area contributed by atoms with Crippen molar-refractivity contribution in [3.05, 3.63) is 77.4 Å². The molecule has 0 fully saturated rings. The summed E-state index contributed by atoms with van der Waals surface area (Å²) in [6.07, 6.45) is 0. The van der Waals surface area contributed by atoms with Gasteiger partial charge >= 0.3 is 0 Å². The molecule has 2 N–H and O–H groups in total. The van der Waals surface area contributed by atoms with E-state index in [1.54, 1.807) is 43.3 Å². The summed E-state index contributed by atoms with van der Waals surface area (Å²) in [5, 5.41) is 11.9. The first kappa shape index (κ1) is 23.7. The van der Waals surface area contributed by atoms with E-state index in [0.717, 1.165) is 11.6 Å². The molecule has 32 heavy (non-hydrogen) atoms. The lowest BCUT2D eigenvalue weighted by Gasteiger charge is -2.12. The number of benzene rings is 3. The Balaban J connectivity index is 1.95. The van der Waals surface area contributed by atoms with Gasteiger partial charge < -0.3 is 9.47 Å². The van der Waals surface area contributed by atoms with E-state index < -0.39 is 20.8 Å². The molecule has 0 aliphatic carbocycles. The van der Waals surface area contributed by atoms with Crippen LogP contribution in [0.1, 0.15) is 21.5 Å². The van der Waals surface area contributed by atoms with E-state index in [1.807, 2.05) is 0 Å². The van der Waals surface area contributed by atoms with Crippen LogP contribution in [0.25, 0.3) is 0 Å². The Morgan fingerprint density at radius 2 is 1.56 bits per heavy atom. The standard InChI is InChI=1S/C21H18O9S2/c1-13-3-4-14(11-19(13)31-30-29-23)21(22)15-5-10-18(20(12-15)32(24,25)26)28-17-8-6-16(27-2)7-9-17/h3-12,23H,1-2H3,(H,24,25,26). The average molecular weight is 479 g/mol. The molecule has 0 bridgehead atoms. The summed E-state index contributed by atoms with van der Waals surface area (Å²) in [6, 6.07) is 14.8. The molecule has 0 heterocycles. The van der Waals surface area contributed by atoms with Gasteiger partial charge in [-0.25, -0.2) is 5.26 Å². The first-order valence-electron chi connectivity index (χ1n) is 8.96. The van der Waals surface area contributed by atoms with Crippen molar-refractivity contribution in [2.75, 3.05) is 7.11 Å². The second kappa shape index (κ2) is 10.1. The number of carbonyl (C=O) groups is 1. The first-order chi connectivity index (χ1) is 15.2. The molecule has 3 rings (SSSR count). The van der Waals surface area contributed by atoms with Crippen molar-refractivity contribution in [1.29, 1.82) is 0 Å². The van der Waals surface area contributed by atoms with Crippen molar-refractivity contribution >= 4 is 27.9 Å². The lowest BCUT2D eigenvalue weighted by atomic mass is 10.0. The minimum Gasteiger partial charge on any atom is -0.497 e. The Bertz CT molecular complexity index is 1220. The average Bonchev–Trinajstić information content (AvgIpc) is 2.78. The predicted molar refractivity (Wildman–Crippen MR) is 115 cm³/mol. The van der Waals surface area contributed by atoms with Gasteiger partial charge in [0.05, 0.1) is 19.2 Å². The molecule has 0 atom stereocenters. The highest BCUT2D eigenvalue weighted by atomic mass is 32.2. The highest BCUT2D eigenvalue weighted by Gasteiger charge is 2.21. The van der Waals surface area contributed by atoms with Gasteiger partial charge in [-0.15, -0.1) is 4.33 Å². The summed E-state index contributed by atoms with van der Waals surface area (Å²) in [5.41, 5.74) is 0.994. The Morgan fingerprint density at radius 1 is 0.938 bits per heavy atom. The fraction of sp³-hybridized carbons (Fsp3) is 0.0952. The largest absolute Gasteiger partial charge is 0.497 e. The quantitative estimate of drug-likeness (QED) is 0.147. The van der Waals surface area contributed by atoms with Gasteiger partial charge in [0.1, 0.15) is 22.1 Å². The van der Waals surface area contributed by atoms with Crippen LogP contribution in [-0.4, -0.2) is 31.1 Å². The van der Waals surface area contributed by atoms with Crippen molar-refractivity contribution in [2.24, 2.45) is 0 Å². The van der Waals surface area contributed by atoms with Crippen LogP contribution in [-0.2, 0) is 19.5 Å². The summed E-state index contributed by atoms with van der Waals surface area (Å²) >= 11 is 0.698. The van der Waals surface area contributed by atoms with E-state index >= 15 is 0 Å². The van der Waals surface area contributed by atoms with Gasteiger partial charge in [-0.05, 0) is 61.0 Å². The van der Waals surface area contributed by atoms with Crippen molar-refractivity contribution in [3.63, 3.8) is 0 Å². The monoisotopic (exact) mass is 478 g/mol. The van der Waals surface area contributed by atoms with E-state index in [0.29, 0.717) is 28.4 Å². The van der Waals surface area contributed by atoms with Gasteiger partial charge in [-0.2, -0.15) is 8.42 Å². The van der Waals surface area contributed by atoms with E-state index in [-0.39, 0.29) is 16.9 Å². The van der Waals surface area contributed by atoms with Crippen LogP contribution in [0.5, 0.6) is 17.2 Å². The fourth-order valence-electron chi connectivity index (χ4n) is 2.76.